The summed E-state index contributed by atoms with van der Waals surface area (Å²) in [6.07, 6.45) is 4.86. The van der Waals surface area contributed by atoms with Crippen molar-refractivity contribution in [3.8, 4) is 0 Å². The fraction of sp³-hybridized carbons (Fsp3) is 0.0667. The number of carbonyl (C=O) groups excluding carboxylic acids is 1. The number of aryl methyl sites for hydroxylation is 1. The van der Waals surface area contributed by atoms with Crippen LogP contribution < -0.4 is 5.32 Å². The molecule has 1 aromatic carbocycles. The molecular weight excluding hydrogens is 260 g/mol. The Bertz CT molecular complexity index is 606. The van der Waals surface area contributed by atoms with Gasteiger partial charge in [-0.1, -0.05) is 29.8 Å². The Morgan fingerprint density at radius 3 is 2.84 bits per heavy atom. The highest BCUT2D eigenvalue weighted by molar-refractivity contribution is 6.30. The number of carbonyl (C=O) groups is 1. The Balaban J connectivity index is 1.99. The van der Waals surface area contributed by atoms with Gasteiger partial charge in [0.15, 0.2) is 0 Å². The van der Waals surface area contributed by atoms with E-state index < -0.39 is 0 Å². The third kappa shape index (κ3) is 4.23. The summed E-state index contributed by atoms with van der Waals surface area (Å²) in [7, 11) is 0. The van der Waals surface area contributed by atoms with E-state index in [0.29, 0.717) is 10.8 Å². The average Bonchev–Trinajstić information content (AvgIpc) is 2.39. The number of hydrogen-bond acceptors (Lipinski definition) is 2. The molecule has 0 aliphatic rings. The van der Waals surface area contributed by atoms with E-state index in [-0.39, 0.29) is 5.91 Å². The van der Waals surface area contributed by atoms with Crippen LogP contribution in [0.4, 0.5) is 5.82 Å². The number of nitrogens with zero attached hydrogens (tertiary/aromatic N) is 1. The van der Waals surface area contributed by atoms with Crippen molar-refractivity contribution in [2.24, 2.45) is 0 Å². The SMILES string of the molecule is Cc1ccc(NC(=O)C=Cc2cccc(Cl)c2)nc1. The van der Waals surface area contributed by atoms with Gasteiger partial charge in [0.2, 0.25) is 5.91 Å². The van der Waals surface area contributed by atoms with Gasteiger partial charge in [0, 0.05) is 17.3 Å². The molecule has 2 aromatic rings. The molecule has 2 rings (SSSR count). The van der Waals surface area contributed by atoms with Gasteiger partial charge in [-0.3, -0.25) is 4.79 Å². The van der Waals surface area contributed by atoms with Crippen molar-refractivity contribution in [1.29, 1.82) is 0 Å². The summed E-state index contributed by atoms with van der Waals surface area (Å²) in [6, 6.07) is 10.9. The third-order valence-electron chi connectivity index (χ3n) is 2.44. The van der Waals surface area contributed by atoms with Gasteiger partial charge in [-0.15, -0.1) is 0 Å². The fourth-order valence-electron chi connectivity index (χ4n) is 1.49. The van der Waals surface area contributed by atoms with Gasteiger partial charge in [0.1, 0.15) is 5.82 Å². The molecule has 0 bridgehead atoms. The quantitative estimate of drug-likeness (QED) is 0.866. The molecule has 1 aromatic heterocycles. The Labute approximate surface area is 116 Å². The molecule has 0 saturated heterocycles. The lowest BCUT2D eigenvalue weighted by Gasteiger charge is -2.01. The maximum Gasteiger partial charge on any atom is 0.249 e. The van der Waals surface area contributed by atoms with Gasteiger partial charge in [-0.2, -0.15) is 0 Å². The van der Waals surface area contributed by atoms with Crippen LogP contribution in [0.3, 0.4) is 0 Å². The smallest absolute Gasteiger partial charge is 0.249 e. The second kappa shape index (κ2) is 6.16. The predicted octanol–water partition coefficient (Wildman–Crippen LogP) is 3.70. The van der Waals surface area contributed by atoms with E-state index in [1.165, 1.54) is 6.08 Å². The number of amides is 1. The fourth-order valence-corrected chi connectivity index (χ4v) is 1.69. The molecule has 0 radical (unpaired) electrons. The first-order chi connectivity index (χ1) is 9.13. The van der Waals surface area contributed by atoms with Crippen molar-refractivity contribution in [2.45, 2.75) is 6.92 Å². The molecule has 0 atom stereocenters. The van der Waals surface area contributed by atoms with E-state index in [2.05, 4.69) is 10.3 Å². The molecule has 1 amide bonds. The summed E-state index contributed by atoms with van der Waals surface area (Å²) < 4.78 is 0. The molecule has 3 nitrogen and oxygen atoms in total. The van der Waals surface area contributed by atoms with Crippen LogP contribution in [0.1, 0.15) is 11.1 Å². The number of aromatic nitrogens is 1. The zero-order valence-electron chi connectivity index (χ0n) is 10.4. The van der Waals surface area contributed by atoms with Gasteiger partial charge in [0.25, 0.3) is 0 Å². The van der Waals surface area contributed by atoms with E-state index in [1.807, 2.05) is 25.1 Å². The molecule has 0 saturated carbocycles. The number of halogens is 1. The van der Waals surface area contributed by atoms with Crippen LogP contribution in [0.2, 0.25) is 5.02 Å². The molecule has 4 heteroatoms. The zero-order valence-corrected chi connectivity index (χ0v) is 11.2. The van der Waals surface area contributed by atoms with E-state index in [4.69, 9.17) is 11.6 Å². The standard InChI is InChI=1S/C15H13ClN2O/c1-11-5-7-14(17-10-11)18-15(19)8-6-12-3-2-4-13(16)9-12/h2-10H,1H3,(H,17,18,19). The summed E-state index contributed by atoms with van der Waals surface area (Å²) in [5.41, 5.74) is 1.92. The van der Waals surface area contributed by atoms with Crippen LogP contribution in [-0.4, -0.2) is 10.9 Å². The third-order valence-corrected chi connectivity index (χ3v) is 2.67. The number of nitrogens with one attached hydrogen (secondary N) is 1. The minimum absolute atomic E-state index is 0.226. The van der Waals surface area contributed by atoms with Crippen LogP contribution >= 0.6 is 11.6 Å². The summed E-state index contributed by atoms with van der Waals surface area (Å²) in [5.74, 6) is 0.308. The highest BCUT2D eigenvalue weighted by Gasteiger charge is 1.98. The van der Waals surface area contributed by atoms with Crippen molar-refractivity contribution in [1.82, 2.24) is 4.98 Å². The lowest BCUT2D eigenvalue weighted by atomic mass is 10.2. The normalized spacial score (nSPS) is 10.6. The Kier molecular flexibility index (Phi) is 4.31. The Morgan fingerprint density at radius 2 is 2.16 bits per heavy atom. The minimum Gasteiger partial charge on any atom is -0.307 e. The van der Waals surface area contributed by atoms with Gasteiger partial charge >= 0.3 is 0 Å². The second-order valence-electron chi connectivity index (χ2n) is 4.10. The number of hydrogen-bond donors (Lipinski definition) is 1. The molecule has 0 aliphatic heterocycles. The van der Waals surface area contributed by atoms with Crippen molar-refractivity contribution >= 4 is 29.4 Å². The average molecular weight is 273 g/mol. The summed E-state index contributed by atoms with van der Waals surface area (Å²) >= 11 is 5.86. The van der Waals surface area contributed by atoms with Gasteiger partial charge in [-0.05, 0) is 42.3 Å². The van der Waals surface area contributed by atoms with Gasteiger partial charge in [-0.25, -0.2) is 4.98 Å². The molecule has 0 fully saturated rings. The van der Waals surface area contributed by atoms with E-state index in [0.717, 1.165) is 11.1 Å². The Hall–Kier alpha value is -2.13. The summed E-state index contributed by atoms with van der Waals surface area (Å²) in [5, 5.41) is 3.33. The maximum atomic E-state index is 11.7. The van der Waals surface area contributed by atoms with Crippen molar-refractivity contribution in [2.75, 3.05) is 5.32 Å². The van der Waals surface area contributed by atoms with E-state index >= 15 is 0 Å². The summed E-state index contributed by atoms with van der Waals surface area (Å²) in [4.78, 5) is 15.8. The first kappa shape index (κ1) is 13.3. The topological polar surface area (TPSA) is 42.0 Å². The van der Waals surface area contributed by atoms with Crippen LogP contribution in [0.15, 0.2) is 48.7 Å². The molecule has 1 heterocycles. The number of rotatable bonds is 3. The highest BCUT2D eigenvalue weighted by Crippen LogP contribution is 2.12. The second-order valence-corrected chi connectivity index (χ2v) is 4.53. The molecule has 19 heavy (non-hydrogen) atoms. The largest absolute Gasteiger partial charge is 0.307 e. The van der Waals surface area contributed by atoms with Crippen molar-refractivity contribution < 1.29 is 4.79 Å². The van der Waals surface area contributed by atoms with Crippen LogP contribution in [0.25, 0.3) is 6.08 Å². The lowest BCUT2D eigenvalue weighted by Crippen LogP contribution is -2.08. The summed E-state index contributed by atoms with van der Waals surface area (Å²) in [6.45, 7) is 1.94. The first-order valence-corrected chi connectivity index (χ1v) is 6.18. The monoisotopic (exact) mass is 272 g/mol. The minimum atomic E-state index is -0.226. The lowest BCUT2D eigenvalue weighted by molar-refractivity contribution is -0.111. The van der Waals surface area contributed by atoms with Crippen molar-refractivity contribution in [3.63, 3.8) is 0 Å². The Morgan fingerprint density at radius 1 is 1.32 bits per heavy atom. The molecule has 0 unspecified atom stereocenters. The van der Waals surface area contributed by atoms with E-state index in [9.17, 15) is 4.79 Å². The number of anilines is 1. The zero-order chi connectivity index (χ0) is 13.7. The van der Waals surface area contributed by atoms with Gasteiger partial charge < -0.3 is 5.32 Å². The molecular formula is C15H13ClN2O. The molecule has 1 N–H and O–H groups in total. The molecule has 96 valence electrons. The van der Waals surface area contributed by atoms with Gasteiger partial charge in [0.05, 0.1) is 0 Å². The van der Waals surface area contributed by atoms with Crippen molar-refractivity contribution in [3.05, 3.63) is 64.8 Å². The first-order valence-electron chi connectivity index (χ1n) is 5.81. The molecule has 0 aliphatic carbocycles. The number of pyridine rings is 1. The van der Waals surface area contributed by atoms with Crippen LogP contribution in [0.5, 0.6) is 0 Å². The predicted molar refractivity (Wildman–Crippen MR) is 78.1 cm³/mol. The highest BCUT2D eigenvalue weighted by atomic mass is 35.5. The molecule has 0 spiro atoms. The number of benzene rings is 1. The van der Waals surface area contributed by atoms with E-state index in [1.54, 1.807) is 30.5 Å². The maximum absolute atomic E-state index is 11.7. The van der Waals surface area contributed by atoms with Crippen LogP contribution in [0, 0.1) is 6.92 Å². The van der Waals surface area contributed by atoms with Crippen LogP contribution in [-0.2, 0) is 4.79 Å².